The first-order valence-corrected chi connectivity index (χ1v) is 13.6. The fourth-order valence-electron chi connectivity index (χ4n) is 4.40. The molecule has 212 valence electrons. The molecule has 11 heteroatoms. The van der Waals surface area contributed by atoms with Gasteiger partial charge < -0.3 is 24.8 Å². The lowest BCUT2D eigenvalue weighted by molar-refractivity contribution is -0.111. The minimum atomic E-state index is -0.353. The molecule has 4 aromatic rings. The van der Waals surface area contributed by atoms with Gasteiger partial charge in [0.05, 0.1) is 28.5 Å². The van der Waals surface area contributed by atoms with E-state index in [-0.39, 0.29) is 5.91 Å². The summed E-state index contributed by atoms with van der Waals surface area (Å²) in [4.78, 5) is 27.6. The Balaban J connectivity index is 1.33. The molecule has 1 aliphatic rings. The van der Waals surface area contributed by atoms with Crippen molar-refractivity contribution in [1.82, 2.24) is 19.9 Å². The summed E-state index contributed by atoms with van der Waals surface area (Å²) in [5.74, 6) is 1.23. The average Bonchev–Trinajstić information content (AvgIpc) is 3.53. The Morgan fingerprint density at radius 3 is 2.83 bits per heavy atom. The van der Waals surface area contributed by atoms with Crippen molar-refractivity contribution < 1.29 is 19.0 Å². The molecular weight excluding hydrogens is 544 g/mol. The van der Waals surface area contributed by atoms with Crippen LogP contribution in [0, 0.1) is 0 Å². The second-order valence-corrected chi connectivity index (χ2v) is 9.91. The van der Waals surface area contributed by atoms with Crippen molar-refractivity contribution in [2.45, 2.75) is 19.1 Å². The molecule has 3 heterocycles. The van der Waals surface area contributed by atoms with E-state index >= 15 is 0 Å². The van der Waals surface area contributed by atoms with Crippen LogP contribution < -0.4 is 20.1 Å². The molecule has 1 saturated heterocycles. The zero-order valence-corrected chi connectivity index (χ0v) is 23.4. The van der Waals surface area contributed by atoms with Gasteiger partial charge in [-0.05, 0) is 55.9 Å². The van der Waals surface area contributed by atoms with Crippen molar-refractivity contribution in [3.05, 3.63) is 84.4 Å². The number of fused-ring (bicyclic) bond motifs is 1. The number of likely N-dealkylation sites (N-methyl/N-ethyl adjacent to an activating group) is 1. The van der Waals surface area contributed by atoms with E-state index in [1.54, 1.807) is 30.5 Å². The van der Waals surface area contributed by atoms with E-state index in [1.807, 2.05) is 24.3 Å². The maximum atomic E-state index is 12.2. The molecule has 2 N–H and O–H groups in total. The number of halogens is 1. The number of ether oxygens (including phenoxy) is 3. The van der Waals surface area contributed by atoms with Gasteiger partial charge in [-0.1, -0.05) is 24.2 Å². The van der Waals surface area contributed by atoms with E-state index < -0.39 is 0 Å². The molecule has 0 spiro atoms. The first-order chi connectivity index (χ1) is 20.0. The molecule has 0 bridgehead atoms. The minimum Gasteiger partial charge on any atom is -0.490 e. The fourth-order valence-corrected chi connectivity index (χ4v) is 4.64. The van der Waals surface area contributed by atoms with Gasteiger partial charge in [-0.25, -0.2) is 9.97 Å². The standard InChI is InChI=1S/C30H31ClN6O4/c1-3-29(38)36-26-15-23-25(16-28(26)40-13-11-37(2)22-9-12-39-18-22)33-19-34-30(23)35-20-7-8-27(24(31)14-20)41-17-21-6-4-5-10-32-21/h3-8,10,14-16,19,22H,1,9,11-13,17-18H2,2H3,(H,36,38)(H,33,34,35). The van der Waals surface area contributed by atoms with E-state index in [0.29, 0.717) is 70.4 Å². The summed E-state index contributed by atoms with van der Waals surface area (Å²) in [5, 5.41) is 7.26. The largest absolute Gasteiger partial charge is 0.490 e. The second-order valence-electron chi connectivity index (χ2n) is 9.51. The Hall–Kier alpha value is -4.25. The summed E-state index contributed by atoms with van der Waals surface area (Å²) in [5.41, 5.74) is 2.64. The Labute approximate surface area is 243 Å². The summed E-state index contributed by atoms with van der Waals surface area (Å²) in [6.07, 6.45) is 5.40. The van der Waals surface area contributed by atoms with Gasteiger partial charge in [-0.3, -0.25) is 14.7 Å². The monoisotopic (exact) mass is 574 g/mol. The molecular formula is C30H31ClN6O4. The van der Waals surface area contributed by atoms with Crippen LogP contribution in [0.2, 0.25) is 5.02 Å². The van der Waals surface area contributed by atoms with Crippen LogP contribution in [0.3, 0.4) is 0 Å². The lowest BCUT2D eigenvalue weighted by atomic mass is 10.1. The predicted octanol–water partition coefficient (Wildman–Crippen LogP) is 5.22. The molecule has 41 heavy (non-hydrogen) atoms. The molecule has 1 aliphatic heterocycles. The smallest absolute Gasteiger partial charge is 0.247 e. The zero-order chi connectivity index (χ0) is 28.6. The maximum absolute atomic E-state index is 12.2. The van der Waals surface area contributed by atoms with Crippen LogP contribution >= 0.6 is 11.6 Å². The highest BCUT2D eigenvalue weighted by Crippen LogP contribution is 2.35. The van der Waals surface area contributed by atoms with Crippen molar-refractivity contribution in [2.24, 2.45) is 0 Å². The molecule has 1 fully saturated rings. The highest BCUT2D eigenvalue weighted by atomic mass is 35.5. The van der Waals surface area contributed by atoms with E-state index in [4.69, 9.17) is 25.8 Å². The number of hydrogen-bond donors (Lipinski definition) is 2. The minimum absolute atomic E-state index is 0.304. The van der Waals surface area contributed by atoms with Gasteiger partial charge in [0.1, 0.15) is 36.9 Å². The maximum Gasteiger partial charge on any atom is 0.247 e. The zero-order valence-electron chi connectivity index (χ0n) is 22.7. The Kier molecular flexibility index (Phi) is 9.25. The van der Waals surface area contributed by atoms with Crippen molar-refractivity contribution in [2.75, 3.05) is 44.0 Å². The van der Waals surface area contributed by atoms with Gasteiger partial charge in [-0.2, -0.15) is 0 Å². The van der Waals surface area contributed by atoms with Gasteiger partial charge >= 0.3 is 0 Å². The SMILES string of the molecule is C=CC(=O)Nc1cc2c(Nc3ccc(OCc4ccccn4)c(Cl)c3)ncnc2cc1OCCN(C)C1CCOC1. The van der Waals surface area contributed by atoms with Gasteiger partial charge in [-0.15, -0.1) is 0 Å². The van der Waals surface area contributed by atoms with E-state index in [9.17, 15) is 4.79 Å². The van der Waals surface area contributed by atoms with Crippen molar-refractivity contribution in [3.8, 4) is 11.5 Å². The van der Waals surface area contributed by atoms with Gasteiger partial charge in [0.25, 0.3) is 0 Å². The number of anilines is 3. The quantitative estimate of drug-likeness (QED) is 0.220. The Morgan fingerprint density at radius 1 is 1.17 bits per heavy atom. The number of carbonyl (C=O) groups is 1. The molecule has 0 radical (unpaired) electrons. The number of nitrogens with zero attached hydrogens (tertiary/aromatic N) is 4. The molecule has 1 atom stereocenters. The van der Waals surface area contributed by atoms with Gasteiger partial charge in [0, 0.05) is 42.5 Å². The molecule has 2 aromatic heterocycles. The number of amides is 1. The van der Waals surface area contributed by atoms with Crippen LogP contribution in [0.5, 0.6) is 11.5 Å². The van der Waals surface area contributed by atoms with Gasteiger partial charge in [0.2, 0.25) is 5.91 Å². The number of hydrogen-bond acceptors (Lipinski definition) is 9. The third-order valence-corrected chi connectivity index (χ3v) is 7.00. The molecule has 1 amide bonds. The molecule has 5 rings (SSSR count). The Morgan fingerprint density at radius 2 is 2.07 bits per heavy atom. The normalized spacial score (nSPS) is 14.7. The lowest BCUT2D eigenvalue weighted by Crippen LogP contribution is -2.35. The third-order valence-electron chi connectivity index (χ3n) is 6.71. The van der Waals surface area contributed by atoms with Crippen molar-refractivity contribution in [3.63, 3.8) is 0 Å². The summed E-state index contributed by atoms with van der Waals surface area (Å²) in [6, 6.07) is 15.0. The highest BCUT2D eigenvalue weighted by Gasteiger charge is 2.20. The topological polar surface area (TPSA) is 111 Å². The van der Waals surface area contributed by atoms with Crippen molar-refractivity contribution in [1.29, 1.82) is 0 Å². The average molecular weight is 575 g/mol. The fraction of sp³-hybridized carbons (Fsp3) is 0.267. The number of pyridine rings is 1. The van der Waals surface area contributed by atoms with Crippen LogP contribution in [0.15, 0.2) is 73.7 Å². The van der Waals surface area contributed by atoms with Crippen LogP contribution in [-0.4, -0.2) is 65.2 Å². The summed E-state index contributed by atoms with van der Waals surface area (Å²) in [6.45, 7) is 6.51. The predicted molar refractivity (Wildman–Crippen MR) is 159 cm³/mol. The first kappa shape index (κ1) is 28.3. The van der Waals surface area contributed by atoms with Crippen LogP contribution in [-0.2, 0) is 16.1 Å². The molecule has 1 unspecified atom stereocenters. The van der Waals surface area contributed by atoms with Gasteiger partial charge in [0.15, 0.2) is 0 Å². The van der Waals surface area contributed by atoms with E-state index in [1.165, 1.54) is 12.4 Å². The van der Waals surface area contributed by atoms with E-state index in [0.717, 1.165) is 25.3 Å². The number of benzene rings is 2. The number of nitrogens with one attached hydrogen (secondary N) is 2. The number of carbonyl (C=O) groups excluding carboxylic acids is 1. The van der Waals surface area contributed by atoms with Crippen LogP contribution in [0.4, 0.5) is 17.2 Å². The number of rotatable bonds is 12. The first-order valence-electron chi connectivity index (χ1n) is 13.2. The summed E-state index contributed by atoms with van der Waals surface area (Å²) >= 11 is 6.51. The number of aromatic nitrogens is 3. The summed E-state index contributed by atoms with van der Waals surface area (Å²) < 4.78 is 17.4. The van der Waals surface area contributed by atoms with Crippen LogP contribution in [0.25, 0.3) is 10.9 Å². The molecule has 0 saturated carbocycles. The second kappa shape index (κ2) is 13.4. The van der Waals surface area contributed by atoms with Crippen molar-refractivity contribution >= 4 is 45.6 Å². The third kappa shape index (κ3) is 7.29. The molecule has 10 nitrogen and oxygen atoms in total. The summed E-state index contributed by atoms with van der Waals surface area (Å²) in [7, 11) is 2.06. The molecule has 0 aliphatic carbocycles. The molecule has 2 aromatic carbocycles. The Bertz CT molecular complexity index is 1510. The van der Waals surface area contributed by atoms with E-state index in [2.05, 4.69) is 44.1 Å². The highest BCUT2D eigenvalue weighted by molar-refractivity contribution is 6.32. The lowest BCUT2D eigenvalue weighted by Gasteiger charge is -2.23. The van der Waals surface area contributed by atoms with Crippen LogP contribution in [0.1, 0.15) is 12.1 Å².